The third-order valence-electron chi connectivity index (χ3n) is 9.85. The van der Waals surface area contributed by atoms with Gasteiger partial charge in [-0.25, -0.2) is 9.59 Å². The van der Waals surface area contributed by atoms with Crippen molar-refractivity contribution in [1.29, 1.82) is 0 Å². The van der Waals surface area contributed by atoms with Gasteiger partial charge in [0.25, 0.3) is 5.91 Å². The van der Waals surface area contributed by atoms with E-state index in [1.165, 1.54) is 14.2 Å². The largest absolute Gasteiger partial charge is 0.479 e. The molecule has 2 aromatic rings. The van der Waals surface area contributed by atoms with Crippen LogP contribution in [0.2, 0.25) is 0 Å². The topological polar surface area (TPSA) is 204 Å². The molecule has 0 aliphatic carbocycles. The molecule has 5 N–H and O–H groups in total. The van der Waals surface area contributed by atoms with Crippen LogP contribution in [0, 0.1) is 5.92 Å². The van der Waals surface area contributed by atoms with Crippen LogP contribution >= 0.6 is 14.7 Å². The predicted molar refractivity (Wildman–Crippen MR) is 220 cm³/mol. The number of carbonyl (C=O) groups is 4. The zero-order valence-corrected chi connectivity index (χ0v) is 35.9. The third kappa shape index (κ3) is 13.8. The molecule has 56 heavy (non-hydrogen) atoms. The van der Waals surface area contributed by atoms with Crippen LogP contribution in [0.5, 0.6) is 0 Å². The van der Waals surface area contributed by atoms with Crippen LogP contribution in [-0.2, 0) is 37.9 Å². The molecule has 1 unspecified atom stereocenters. The second-order valence-electron chi connectivity index (χ2n) is 15.0. The van der Waals surface area contributed by atoms with E-state index < -0.39 is 68.1 Å². The average molecular weight is 823 g/mol. The fraction of sp³-hybridized carbons (Fsp3) is 0.600. The van der Waals surface area contributed by atoms with Crippen molar-refractivity contribution in [2.24, 2.45) is 11.7 Å². The molecule has 0 aromatic heterocycles. The molecule has 0 aliphatic heterocycles. The lowest BCUT2D eigenvalue weighted by Gasteiger charge is -2.52. The summed E-state index contributed by atoms with van der Waals surface area (Å²) in [5.41, 5.74) is 2.85. The van der Waals surface area contributed by atoms with Crippen LogP contribution in [-0.4, -0.2) is 104 Å². The van der Waals surface area contributed by atoms with E-state index in [9.17, 15) is 33.4 Å². The summed E-state index contributed by atoms with van der Waals surface area (Å²) in [7, 11) is -5.34. The normalized spacial score (nSPS) is 15.4. The number of carboxylic acid groups (broad SMARTS) is 1. The van der Waals surface area contributed by atoms with Gasteiger partial charge in [-0.3, -0.25) is 18.7 Å². The van der Waals surface area contributed by atoms with Gasteiger partial charge >= 0.3 is 12.1 Å². The minimum absolute atomic E-state index is 0.0504. The first kappa shape index (κ1) is 48.6. The van der Waals surface area contributed by atoms with Gasteiger partial charge in [0.15, 0.2) is 5.54 Å². The molecule has 2 rings (SSSR count). The van der Waals surface area contributed by atoms with E-state index in [2.05, 4.69) is 10.6 Å². The van der Waals surface area contributed by atoms with Crippen LogP contribution in [0.1, 0.15) is 89.1 Å². The van der Waals surface area contributed by atoms with Gasteiger partial charge in [-0.2, -0.15) is 0 Å². The van der Waals surface area contributed by atoms with Crippen molar-refractivity contribution in [2.45, 2.75) is 90.1 Å². The Balaban J connectivity index is 2.86. The van der Waals surface area contributed by atoms with Gasteiger partial charge in [-0.15, -0.1) is 0 Å². The minimum Gasteiger partial charge on any atom is -0.479 e. The first-order valence-corrected chi connectivity index (χ1v) is 23.3. The summed E-state index contributed by atoms with van der Waals surface area (Å²) in [4.78, 5) is 56.3. The van der Waals surface area contributed by atoms with Gasteiger partial charge in [0.2, 0.25) is 20.6 Å². The van der Waals surface area contributed by atoms with Gasteiger partial charge in [-0.05, 0) is 62.3 Å². The van der Waals surface area contributed by atoms with Gasteiger partial charge in [-0.1, -0.05) is 83.1 Å². The summed E-state index contributed by atoms with van der Waals surface area (Å²) < 4.78 is 46.1. The van der Waals surface area contributed by atoms with E-state index in [0.29, 0.717) is 37.8 Å². The number of rotatable bonds is 26. The molecule has 0 fully saturated rings. The highest BCUT2D eigenvalue weighted by Crippen LogP contribution is 2.56. The Labute approximate surface area is 332 Å². The smallest absolute Gasteiger partial charge is 0.407 e. The molecule has 0 radical (unpaired) electrons. The number of unbranched alkanes of at least 4 members (excludes halogenated alkanes) is 2. The number of carboxylic acids is 1. The lowest BCUT2D eigenvalue weighted by Crippen LogP contribution is -2.74. The quantitative estimate of drug-likeness (QED) is 0.0566. The SMILES string of the molecule is CCCC(=O)N(C[P@](=O)(CCCCNC(=O)OCC(C)C)OC)[C@](CP(=O)(CCCCN)OC)(C(=O)O)[C@H](NC(=O)c1ccccc1)C(C)(C)c1ccccc1. The number of hydrogen-bond donors (Lipinski definition) is 4. The molecule has 16 heteroatoms. The molecule has 3 amide bonds. The van der Waals surface area contributed by atoms with Crippen LogP contribution in [0.25, 0.3) is 0 Å². The number of alkyl carbamates (subject to hydrolysis) is 1. The number of nitrogens with two attached hydrogens (primary N) is 1. The number of ether oxygens (including phenoxy) is 1. The number of benzene rings is 2. The Kier molecular flexibility index (Phi) is 20.0. The van der Waals surface area contributed by atoms with Crippen LogP contribution < -0.4 is 16.4 Å². The standard InChI is InChI=1S/C40H64N4O10P2/c1-8-19-34(45)44(30-56(51,53-7)27-18-16-25-42-38(49)54-28-31(2)3)40(37(47)48,29-55(50,52-6)26-17-15-24-41)36(39(4,5)33-22-13-10-14-23-33)43-35(46)32-20-11-9-12-21-32/h9-14,20-23,31,36H,8,15-19,24-30,41H2,1-7H3,(H,42,49)(H,43,46)(H,47,48)/t36-,40+,55?,56+/m1/s1. The Morgan fingerprint density at radius 2 is 1.45 bits per heavy atom. The second kappa shape index (κ2) is 23.0. The van der Waals surface area contributed by atoms with E-state index in [-0.39, 0.29) is 49.8 Å². The molecule has 314 valence electrons. The summed E-state index contributed by atoms with van der Waals surface area (Å²) >= 11 is 0. The molecule has 0 aliphatic rings. The Bertz CT molecular complexity index is 1640. The number of nitrogens with one attached hydrogen (secondary N) is 2. The van der Waals surface area contributed by atoms with Crippen molar-refractivity contribution < 1.29 is 47.2 Å². The fourth-order valence-electron chi connectivity index (χ4n) is 6.65. The zero-order valence-electron chi connectivity index (χ0n) is 34.2. The maximum atomic E-state index is 14.9. The number of aliphatic carboxylic acids is 1. The van der Waals surface area contributed by atoms with E-state index in [1.807, 2.05) is 13.8 Å². The molecule has 14 nitrogen and oxygen atoms in total. The highest BCUT2D eigenvalue weighted by molar-refractivity contribution is 7.59. The molecule has 0 saturated heterocycles. The van der Waals surface area contributed by atoms with Crippen molar-refractivity contribution in [3.05, 3.63) is 71.8 Å². The molecule has 4 atom stereocenters. The van der Waals surface area contributed by atoms with Crippen molar-refractivity contribution >= 4 is 38.6 Å². The molecular formula is C40H64N4O10P2. The Hall–Kier alpha value is -3.54. The van der Waals surface area contributed by atoms with E-state index >= 15 is 0 Å². The van der Waals surface area contributed by atoms with E-state index in [1.54, 1.807) is 81.4 Å². The molecule has 0 spiro atoms. The van der Waals surface area contributed by atoms with E-state index in [0.717, 1.165) is 4.90 Å². The molecule has 0 bridgehead atoms. The van der Waals surface area contributed by atoms with Crippen molar-refractivity contribution in [1.82, 2.24) is 15.5 Å². The maximum Gasteiger partial charge on any atom is 0.407 e. The summed E-state index contributed by atoms with van der Waals surface area (Å²) in [6, 6.07) is 15.7. The first-order valence-electron chi connectivity index (χ1n) is 19.3. The molecule has 2 aromatic carbocycles. The Morgan fingerprint density at radius 1 is 0.875 bits per heavy atom. The fourth-order valence-corrected chi connectivity index (χ4v) is 11.0. The maximum absolute atomic E-state index is 14.9. The molecule has 0 saturated carbocycles. The number of hydrogen-bond acceptors (Lipinski definition) is 10. The minimum atomic E-state index is -3.94. The van der Waals surface area contributed by atoms with Gasteiger partial charge in [0.05, 0.1) is 25.1 Å². The zero-order chi connectivity index (χ0) is 42.0. The van der Waals surface area contributed by atoms with Gasteiger partial charge < -0.3 is 40.2 Å². The highest BCUT2D eigenvalue weighted by Gasteiger charge is 2.62. The average Bonchev–Trinajstić information content (AvgIpc) is 3.18. The molecular weight excluding hydrogens is 758 g/mol. The first-order chi connectivity index (χ1) is 26.4. The van der Waals surface area contributed by atoms with Gasteiger partial charge in [0.1, 0.15) is 0 Å². The summed E-state index contributed by atoms with van der Waals surface area (Å²) in [6.07, 6.45) is -0.406. The third-order valence-corrected chi connectivity index (χ3v) is 14.8. The van der Waals surface area contributed by atoms with Crippen LogP contribution in [0.3, 0.4) is 0 Å². The van der Waals surface area contributed by atoms with Crippen molar-refractivity contribution in [2.75, 3.05) is 58.7 Å². The van der Waals surface area contributed by atoms with Crippen LogP contribution in [0.15, 0.2) is 60.7 Å². The van der Waals surface area contributed by atoms with Crippen molar-refractivity contribution in [3.8, 4) is 0 Å². The van der Waals surface area contributed by atoms with Crippen LogP contribution in [0.4, 0.5) is 4.79 Å². The summed E-state index contributed by atoms with van der Waals surface area (Å²) in [5.74, 6) is -2.70. The lowest BCUT2D eigenvalue weighted by atomic mass is 9.68. The lowest BCUT2D eigenvalue weighted by molar-refractivity contribution is -0.160. The summed E-state index contributed by atoms with van der Waals surface area (Å²) in [6.45, 7) is 9.87. The monoisotopic (exact) mass is 822 g/mol. The van der Waals surface area contributed by atoms with Gasteiger partial charge in [0, 0.05) is 50.5 Å². The number of amides is 3. The second-order valence-corrected chi connectivity index (χ2v) is 20.5. The number of carbonyl (C=O) groups excluding carboxylic acids is 3. The summed E-state index contributed by atoms with van der Waals surface area (Å²) in [5, 5.41) is 17.4. The predicted octanol–water partition coefficient (Wildman–Crippen LogP) is 6.92. The molecule has 0 heterocycles. The highest BCUT2D eigenvalue weighted by atomic mass is 31.2. The van der Waals surface area contributed by atoms with Crippen molar-refractivity contribution in [3.63, 3.8) is 0 Å². The number of nitrogens with zero attached hydrogens (tertiary/aromatic N) is 1. The Morgan fingerprint density at radius 3 is 1.98 bits per heavy atom. The van der Waals surface area contributed by atoms with E-state index in [4.69, 9.17) is 19.5 Å².